The summed E-state index contributed by atoms with van der Waals surface area (Å²) < 4.78 is 10.5. The molecule has 1 amide bonds. The molecule has 3 rings (SSSR count). The molecule has 1 saturated heterocycles. The molecule has 1 aliphatic rings. The molecule has 2 aromatic rings. The highest BCUT2D eigenvalue weighted by Crippen LogP contribution is 2.25. The van der Waals surface area contributed by atoms with E-state index in [-0.39, 0.29) is 5.91 Å². The van der Waals surface area contributed by atoms with Gasteiger partial charge in [0.1, 0.15) is 11.4 Å². The van der Waals surface area contributed by atoms with Crippen LogP contribution in [0.4, 0.5) is 0 Å². The summed E-state index contributed by atoms with van der Waals surface area (Å²) in [7, 11) is 5.80. The van der Waals surface area contributed by atoms with E-state index in [1.165, 1.54) is 0 Å². The number of hydrogen-bond acceptors (Lipinski definition) is 5. The molecule has 6 nitrogen and oxygen atoms in total. The number of carbonyl (C=O) groups is 1. The first-order chi connectivity index (χ1) is 12.1. The van der Waals surface area contributed by atoms with Crippen LogP contribution >= 0.6 is 0 Å². The summed E-state index contributed by atoms with van der Waals surface area (Å²) in [6.45, 7) is 2.61. The molecule has 0 bridgehead atoms. The Hall–Kier alpha value is -2.34. The molecule has 1 aromatic carbocycles. The normalized spacial score (nSPS) is 15.6. The van der Waals surface area contributed by atoms with E-state index in [1.54, 1.807) is 13.2 Å². The Kier molecular flexibility index (Phi) is 5.38. The number of hydrogen-bond donors (Lipinski definition) is 0. The van der Waals surface area contributed by atoms with E-state index in [4.69, 9.17) is 9.26 Å². The molecule has 0 aliphatic carbocycles. The van der Waals surface area contributed by atoms with Crippen LogP contribution in [0.25, 0.3) is 11.3 Å². The monoisotopic (exact) mass is 343 g/mol. The molecule has 6 heteroatoms. The minimum atomic E-state index is -0.0788. The van der Waals surface area contributed by atoms with Gasteiger partial charge in [0.25, 0.3) is 5.91 Å². The van der Waals surface area contributed by atoms with Gasteiger partial charge in [0.2, 0.25) is 5.76 Å². The minimum absolute atomic E-state index is 0.0788. The quantitative estimate of drug-likeness (QED) is 0.835. The van der Waals surface area contributed by atoms with Crippen LogP contribution in [0.3, 0.4) is 0 Å². The van der Waals surface area contributed by atoms with E-state index in [2.05, 4.69) is 24.2 Å². The maximum atomic E-state index is 12.7. The van der Waals surface area contributed by atoms with Gasteiger partial charge in [0, 0.05) is 31.3 Å². The van der Waals surface area contributed by atoms with E-state index in [1.807, 2.05) is 29.2 Å². The topological polar surface area (TPSA) is 58.8 Å². The van der Waals surface area contributed by atoms with Crippen molar-refractivity contribution >= 4 is 5.91 Å². The maximum Gasteiger partial charge on any atom is 0.292 e. The highest BCUT2D eigenvalue weighted by molar-refractivity contribution is 5.92. The summed E-state index contributed by atoms with van der Waals surface area (Å²) in [6, 6.07) is 9.26. The summed E-state index contributed by atoms with van der Waals surface area (Å²) >= 11 is 0. The first-order valence-electron chi connectivity index (χ1n) is 8.62. The highest BCUT2D eigenvalue weighted by atomic mass is 16.5. The highest BCUT2D eigenvalue weighted by Gasteiger charge is 2.26. The number of aromatic nitrogens is 1. The van der Waals surface area contributed by atoms with Gasteiger partial charge in [-0.3, -0.25) is 4.79 Å². The number of nitrogens with zero attached hydrogens (tertiary/aromatic N) is 3. The van der Waals surface area contributed by atoms with Crippen molar-refractivity contribution in [2.45, 2.75) is 12.8 Å². The second-order valence-electron chi connectivity index (χ2n) is 6.81. The molecule has 0 unspecified atom stereocenters. The van der Waals surface area contributed by atoms with Crippen LogP contribution in [0.5, 0.6) is 5.75 Å². The molecule has 0 spiro atoms. The van der Waals surface area contributed by atoms with Crippen molar-refractivity contribution in [3.05, 3.63) is 36.1 Å². The summed E-state index contributed by atoms with van der Waals surface area (Å²) in [5.41, 5.74) is 1.51. The average Bonchev–Trinajstić information content (AvgIpc) is 3.11. The van der Waals surface area contributed by atoms with Crippen LogP contribution in [0.15, 0.2) is 34.9 Å². The van der Waals surface area contributed by atoms with Gasteiger partial charge >= 0.3 is 0 Å². The lowest BCUT2D eigenvalue weighted by molar-refractivity contribution is 0.0637. The maximum absolute atomic E-state index is 12.7. The number of benzene rings is 1. The van der Waals surface area contributed by atoms with Gasteiger partial charge < -0.3 is 19.1 Å². The number of amides is 1. The van der Waals surface area contributed by atoms with Crippen LogP contribution in [0.2, 0.25) is 0 Å². The Labute approximate surface area is 148 Å². The number of piperidine rings is 1. The van der Waals surface area contributed by atoms with Crippen LogP contribution in [0.1, 0.15) is 23.4 Å². The predicted molar refractivity (Wildman–Crippen MR) is 95.7 cm³/mol. The van der Waals surface area contributed by atoms with E-state index in [0.717, 1.165) is 43.8 Å². The molecule has 0 atom stereocenters. The number of ether oxygens (including phenoxy) is 1. The molecule has 0 N–H and O–H groups in total. The lowest BCUT2D eigenvalue weighted by Crippen LogP contribution is -2.40. The third-order valence-corrected chi connectivity index (χ3v) is 4.61. The number of methoxy groups -OCH3 is 1. The van der Waals surface area contributed by atoms with Gasteiger partial charge in [-0.25, -0.2) is 0 Å². The number of carbonyl (C=O) groups excluding carboxylic acids is 1. The zero-order chi connectivity index (χ0) is 17.8. The van der Waals surface area contributed by atoms with Crippen molar-refractivity contribution in [2.75, 3.05) is 40.8 Å². The summed E-state index contributed by atoms with van der Waals surface area (Å²) in [5, 5.41) is 4.05. The fraction of sp³-hybridized carbons (Fsp3) is 0.474. The van der Waals surface area contributed by atoms with Crippen molar-refractivity contribution < 1.29 is 14.1 Å². The van der Waals surface area contributed by atoms with Crippen molar-refractivity contribution in [3.8, 4) is 17.0 Å². The van der Waals surface area contributed by atoms with E-state index in [9.17, 15) is 4.79 Å². The van der Waals surface area contributed by atoms with Crippen LogP contribution < -0.4 is 4.74 Å². The second kappa shape index (κ2) is 7.70. The van der Waals surface area contributed by atoms with Gasteiger partial charge in [0.15, 0.2) is 0 Å². The van der Waals surface area contributed by atoms with Crippen LogP contribution in [-0.4, -0.2) is 61.7 Å². The molecular weight excluding hydrogens is 318 g/mol. The first-order valence-corrected chi connectivity index (χ1v) is 8.62. The summed E-state index contributed by atoms with van der Waals surface area (Å²) in [5.74, 6) is 1.62. The fourth-order valence-corrected chi connectivity index (χ4v) is 3.29. The summed E-state index contributed by atoms with van der Waals surface area (Å²) in [6.07, 6.45) is 2.06. The van der Waals surface area contributed by atoms with Crippen molar-refractivity contribution in [3.63, 3.8) is 0 Å². The third kappa shape index (κ3) is 4.20. The Bertz CT molecular complexity index is 718. The lowest BCUT2D eigenvalue weighted by Gasteiger charge is -2.32. The molecule has 1 aliphatic heterocycles. The number of likely N-dealkylation sites (tertiary alicyclic amines) is 1. The largest absolute Gasteiger partial charge is 0.497 e. The predicted octanol–water partition coefficient (Wildman–Crippen LogP) is 2.76. The van der Waals surface area contributed by atoms with E-state index >= 15 is 0 Å². The van der Waals surface area contributed by atoms with Crippen LogP contribution in [-0.2, 0) is 0 Å². The van der Waals surface area contributed by atoms with Gasteiger partial charge in [-0.2, -0.15) is 0 Å². The van der Waals surface area contributed by atoms with Crippen molar-refractivity contribution in [1.82, 2.24) is 15.0 Å². The zero-order valence-corrected chi connectivity index (χ0v) is 15.1. The van der Waals surface area contributed by atoms with Gasteiger partial charge in [0.05, 0.1) is 7.11 Å². The van der Waals surface area contributed by atoms with Crippen molar-refractivity contribution in [1.29, 1.82) is 0 Å². The lowest BCUT2D eigenvalue weighted by atomic mass is 9.96. The number of rotatable bonds is 5. The van der Waals surface area contributed by atoms with Gasteiger partial charge in [-0.1, -0.05) is 17.3 Å². The Morgan fingerprint density at radius 3 is 2.76 bits per heavy atom. The Balaban J connectivity index is 1.65. The molecular formula is C19H25N3O3. The Morgan fingerprint density at radius 2 is 2.08 bits per heavy atom. The first kappa shape index (κ1) is 17.5. The molecule has 1 fully saturated rings. The minimum Gasteiger partial charge on any atom is -0.497 e. The fourth-order valence-electron chi connectivity index (χ4n) is 3.29. The van der Waals surface area contributed by atoms with Gasteiger partial charge in [-0.05, 0) is 45.0 Å². The molecule has 2 heterocycles. The van der Waals surface area contributed by atoms with Crippen molar-refractivity contribution in [2.24, 2.45) is 5.92 Å². The SMILES string of the molecule is COc1cccc(-c2cc(C(=O)N3CCC(CN(C)C)CC3)on2)c1. The van der Waals surface area contributed by atoms with Gasteiger partial charge in [-0.15, -0.1) is 0 Å². The standard InChI is InChI=1S/C19H25N3O3/c1-21(2)13-14-7-9-22(10-8-14)19(23)18-12-17(20-25-18)15-5-4-6-16(11-15)24-3/h4-6,11-12,14H,7-10,13H2,1-3H3. The smallest absolute Gasteiger partial charge is 0.292 e. The summed E-state index contributed by atoms with van der Waals surface area (Å²) in [4.78, 5) is 16.7. The molecule has 134 valence electrons. The molecule has 25 heavy (non-hydrogen) atoms. The second-order valence-corrected chi connectivity index (χ2v) is 6.81. The zero-order valence-electron chi connectivity index (χ0n) is 15.1. The van der Waals surface area contributed by atoms with E-state index in [0.29, 0.717) is 17.4 Å². The molecule has 0 saturated carbocycles. The van der Waals surface area contributed by atoms with Crippen LogP contribution in [0, 0.1) is 5.92 Å². The van der Waals surface area contributed by atoms with E-state index < -0.39 is 0 Å². The average molecular weight is 343 g/mol. The molecule has 1 aromatic heterocycles. The Morgan fingerprint density at radius 1 is 1.32 bits per heavy atom. The molecule has 0 radical (unpaired) electrons. The third-order valence-electron chi connectivity index (χ3n) is 4.61.